The maximum atomic E-state index is 14.2. The number of sulfonamides is 2. The molecule has 1 heterocycles. The molecule has 3 rings (SSSR count). The molecule has 11 nitrogen and oxygen atoms in total. The van der Waals surface area contributed by atoms with Crippen LogP contribution in [0.15, 0.2) is 47.4 Å². The van der Waals surface area contributed by atoms with Gasteiger partial charge in [0.2, 0.25) is 10.0 Å². The molecule has 0 aromatic heterocycles. The molecule has 2 N–H and O–H groups in total. The molecule has 2 aromatic carbocycles. The van der Waals surface area contributed by atoms with E-state index in [1.165, 1.54) is 34.5 Å². The summed E-state index contributed by atoms with van der Waals surface area (Å²) in [5, 5.41) is 10.1. The van der Waals surface area contributed by atoms with Crippen LogP contribution >= 0.6 is 0 Å². The molecule has 1 amide bonds. The van der Waals surface area contributed by atoms with Crippen LogP contribution in [0.2, 0.25) is 0 Å². The molecular formula is C30H45N3O8S2. The van der Waals surface area contributed by atoms with Gasteiger partial charge in [-0.05, 0) is 70.4 Å². The Balaban J connectivity index is 2.02. The number of hydrogen-bond donors (Lipinski definition) is 2. The van der Waals surface area contributed by atoms with Crippen LogP contribution in [0, 0.1) is 12.8 Å². The van der Waals surface area contributed by atoms with Gasteiger partial charge < -0.3 is 19.5 Å². The Labute approximate surface area is 256 Å². The molecule has 0 aliphatic carbocycles. The Hall–Kier alpha value is -2.71. The van der Waals surface area contributed by atoms with Gasteiger partial charge >= 0.3 is 0 Å². The molecule has 4 atom stereocenters. The van der Waals surface area contributed by atoms with Crippen molar-refractivity contribution in [3.8, 4) is 5.75 Å². The van der Waals surface area contributed by atoms with E-state index in [4.69, 9.17) is 9.47 Å². The van der Waals surface area contributed by atoms with E-state index in [0.717, 1.165) is 24.7 Å². The number of ether oxygens (including phenoxy) is 2. The Morgan fingerprint density at radius 3 is 2.40 bits per heavy atom. The van der Waals surface area contributed by atoms with E-state index in [2.05, 4.69) is 4.72 Å². The molecule has 0 bridgehead atoms. The highest BCUT2D eigenvalue weighted by Gasteiger charge is 2.31. The summed E-state index contributed by atoms with van der Waals surface area (Å²) in [6.07, 6.45) is 2.58. The Morgan fingerprint density at radius 1 is 1.09 bits per heavy atom. The minimum Gasteiger partial charge on any atom is -0.490 e. The smallest absolute Gasteiger partial charge is 0.261 e. The number of hydrogen-bond acceptors (Lipinski definition) is 8. The van der Waals surface area contributed by atoms with E-state index >= 15 is 0 Å². The number of carbonyl (C=O) groups excluding carboxylic acids is 1. The third kappa shape index (κ3) is 9.64. The monoisotopic (exact) mass is 639 g/mol. The Morgan fingerprint density at radius 2 is 1.77 bits per heavy atom. The van der Waals surface area contributed by atoms with E-state index in [9.17, 15) is 26.7 Å². The second-order valence-electron chi connectivity index (χ2n) is 11.5. The zero-order valence-corrected chi connectivity index (χ0v) is 27.4. The molecule has 240 valence electrons. The lowest BCUT2D eigenvalue weighted by molar-refractivity contribution is -0.00828. The third-order valence-corrected chi connectivity index (χ3v) is 10.3. The molecule has 43 heavy (non-hydrogen) atoms. The second-order valence-corrected chi connectivity index (χ2v) is 15.2. The SMILES string of the molecule is Cc1ccc(S(=O)(=O)Nc2ccc3c(c2)C(=O)N([C@H](C)CO)C[C@H](C)[C@@H](CN(C)S(C)(=O)=O)OCCCC[C@@H](C)O3)cc1. The maximum Gasteiger partial charge on any atom is 0.261 e. The molecule has 2 aromatic rings. The summed E-state index contributed by atoms with van der Waals surface area (Å²) in [7, 11) is -5.90. The fraction of sp³-hybridized carbons (Fsp3) is 0.567. The van der Waals surface area contributed by atoms with Gasteiger partial charge in [0, 0.05) is 38.3 Å². The van der Waals surface area contributed by atoms with Crippen molar-refractivity contribution in [2.75, 3.05) is 44.3 Å². The molecule has 0 unspecified atom stereocenters. The minimum atomic E-state index is -3.93. The number of aliphatic hydroxyl groups is 1. The van der Waals surface area contributed by atoms with Crippen LogP contribution in [0.5, 0.6) is 5.75 Å². The summed E-state index contributed by atoms with van der Waals surface area (Å²) < 4.78 is 66.7. The van der Waals surface area contributed by atoms with Crippen molar-refractivity contribution in [1.82, 2.24) is 9.21 Å². The van der Waals surface area contributed by atoms with Crippen molar-refractivity contribution >= 4 is 31.6 Å². The van der Waals surface area contributed by atoms with Crippen molar-refractivity contribution in [2.45, 2.75) is 70.1 Å². The normalized spacial score (nSPS) is 21.9. The van der Waals surface area contributed by atoms with Crippen molar-refractivity contribution < 1.29 is 36.2 Å². The number of nitrogens with one attached hydrogen (secondary N) is 1. The number of carbonyl (C=O) groups is 1. The number of amides is 1. The van der Waals surface area contributed by atoms with Crippen molar-refractivity contribution in [1.29, 1.82) is 0 Å². The number of aliphatic hydroxyl groups excluding tert-OH is 1. The fourth-order valence-corrected chi connectivity index (χ4v) is 6.24. The second kappa shape index (κ2) is 14.8. The predicted octanol–water partition coefficient (Wildman–Crippen LogP) is 3.48. The van der Waals surface area contributed by atoms with Crippen LogP contribution in [-0.4, -0.2) is 94.9 Å². The average Bonchev–Trinajstić information content (AvgIpc) is 2.94. The zero-order chi connectivity index (χ0) is 31.9. The van der Waals surface area contributed by atoms with Crippen molar-refractivity contribution in [3.63, 3.8) is 0 Å². The summed E-state index contributed by atoms with van der Waals surface area (Å²) in [5.74, 6) is -0.462. The summed E-state index contributed by atoms with van der Waals surface area (Å²) >= 11 is 0. The fourth-order valence-electron chi connectivity index (χ4n) is 4.77. The standard InChI is InChI=1S/C30H45N3O8S2/c1-21-10-13-26(14-11-21)43(38,39)31-25-12-15-28-27(17-25)30(35)33(23(3)20-34)18-22(2)29(19-32(5)42(6,36)37)40-16-8-7-9-24(4)41-28/h10-15,17,22-24,29,31,34H,7-9,16,18-20H2,1-6H3/t22-,23+,24+,29+/m0/s1. The first kappa shape index (κ1) is 34.8. The lowest BCUT2D eigenvalue weighted by Gasteiger charge is -2.35. The predicted molar refractivity (Wildman–Crippen MR) is 166 cm³/mol. The average molecular weight is 640 g/mol. The first-order valence-electron chi connectivity index (χ1n) is 14.5. The first-order chi connectivity index (χ1) is 20.1. The number of aryl methyl sites for hydroxylation is 1. The van der Waals surface area contributed by atoms with Crippen LogP contribution in [-0.2, 0) is 24.8 Å². The van der Waals surface area contributed by atoms with E-state index in [1.54, 1.807) is 31.2 Å². The molecular weight excluding hydrogens is 594 g/mol. The van der Waals surface area contributed by atoms with Gasteiger partial charge in [-0.25, -0.2) is 21.1 Å². The summed E-state index contributed by atoms with van der Waals surface area (Å²) in [6, 6.07) is 10.4. The molecule has 0 fully saturated rings. The van der Waals surface area contributed by atoms with E-state index in [1.807, 2.05) is 20.8 Å². The van der Waals surface area contributed by atoms with Gasteiger partial charge in [-0.1, -0.05) is 24.6 Å². The van der Waals surface area contributed by atoms with E-state index < -0.39 is 38.1 Å². The largest absolute Gasteiger partial charge is 0.490 e. The van der Waals surface area contributed by atoms with Crippen molar-refractivity contribution in [3.05, 3.63) is 53.6 Å². The van der Waals surface area contributed by atoms with Gasteiger partial charge in [0.1, 0.15) is 5.75 Å². The van der Waals surface area contributed by atoms with Crippen LogP contribution < -0.4 is 9.46 Å². The molecule has 0 saturated carbocycles. The number of nitrogens with zero attached hydrogens (tertiary/aromatic N) is 2. The topological polar surface area (TPSA) is 143 Å². The minimum absolute atomic E-state index is 0.0869. The Bertz CT molecular complexity index is 1450. The zero-order valence-electron chi connectivity index (χ0n) is 25.8. The lowest BCUT2D eigenvalue weighted by Crippen LogP contribution is -2.47. The summed E-state index contributed by atoms with van der Waals surface area (Å²) in [6.45, 7) is 7.71. The summed E-state index contributed by atoms with van der Waals surface area (Å²) in [5.41, 5.74) is 1.25. The first-order valence-corrected chi connectivity index (χ1v) is 17.8. The maximum absolute atomic E-state index is 14.2. The third-order valence-electron chi connectivity index (χ3n) is 7.64. The number of anilines is 1. The highest BCUT2D eigenvalue weighted by atomic mass is 32.2. The van der Waals surface area contributed by atoms with Crippen LogP contribution in [0.1, 0.15) is 56.0 Å². The summed E-state index contributed by atoms with van der Waals surface area (Å²) in [4.78, 5) is 15.8. The molecule has 0 saturated heterocycles. The van der Waals surface area contributed by atoms with Gasteiger partial charge in [-0.2, -0.15) is 0 Å². The molecule has 1 aliphatic heterocycles. The van der Waals surface area contributed by atoms with Gasteiger partial charge in [-0.15, -0.1) is 0 Å². The van der Waals surface area contributed by atoms with Crippen LogP contribution in [0.3, 0.4) is 0 Å². The number of fused-ring (bicyclic) bond motifs is 1. The quantitative estimate of drug-likeness (QED) is 0.447. The van der Waals surface area contributed by atoms with Gasteiger partial charge in [-0.3, -0.25) is 9.52 Å². The number of likely N-dealkylation sites (N-methyl/N-ethyl adjacent to an activating group) is 1. The highest BCUT2D eigenvalue weighted by molar-refractivity contribution is 7.92. The molecule has 1 aliphatic rings. The molecule has 13 heteroatoms. The van der Waals surface area contributed by atoms with Gasteiger partial charge in [0.25, 0.3) is 15.9 Å². The van der Waals surface area contributed by atoms with E-state index in [0.29, 0.717) is 18.8 Å². The highest BCUT2D eigenvalue weighted by Crippen LogP contribution is 2.29. The van der Waals surface area contributed by atoms with Gasteiger partial charge in [0.15, 0.2) is 0 Å². The van der Waals surface area contributed by atoms with Gasteiger partial charge in [0.05, 0.1) is 41.6 Å². The van der Waals surface area contributed by atoms with E-state index in [-0.39, 0.29) is 47.9 Å². The molecule has 0 spiro atoms. The van der Waals surface area contributed by atoms with Crippen LogP contribution in [0.4, 0.5) is 5.69 Å². The lowest BCUT2D eigenvalue weighted by atomic mass is 10.0. The number of rotatable bonds is 8. The molecule has 0 radical (unpaired) electrons. The van der Waals surface area contributed by atoms with Crippen LogP contribution in [0.25, 0.3) is 0 Å². The van der Waals surface area contributed by atoms with Crippen molar-refractivity contribution in [2.24, 2.45) is 5.92 Å². The number of benzene rings is 2. The Kier molecular flexibility index (Phi) is 12.0.